The van der Waals surface area contributed by atoms with Gasteiger partial charge < -0.3 is 10.6 Å². The van der Waals surface area contributed by atoms with Crippen molar-refractivity contribution in [1.29, 1.82) is 0 Å². The maximum atomic E-state index is 5.92. The first kappa shape index (κ1) is 9.59. The van der Waals surface area contributed by atoms with E-state index in [1.165, 1.54) is 4.88 Å². The van der Waals surface area contributed by atoms with Crippen LogP contribution < -0.4 is 10.6 Å². The largest absolute Gasteiger partial charge is 0.382 e. The number of pyridine rings is 1. The molecule has 82 valence electrons. The molecule has 0 atom stereocenters. The SMILES string of the molecule is Cc1nc2c(s1)CN(C)c1c-2ccnc1N. The summed E-state index contributed by atoms with van der Waals surface area (Å²) in [5.74, 6) is 0.580. The van der Waals surface area contributed by atoms with E-state index in [4.69, 9.17) is 5.73 Å². The van der Waals surface area contributed by atoms with Crippen LogP contribution in [-0.4, -0.2) is 17.0 Å². The molecule has 0 aromatic carbocycles. The first-order valence-corrected chi connectivity index (χ1v) is 5.91. The predicted octanol–water partition coefficient (Wildman–Crippen LogP) is 2.05. The van der Waals surface area contributed by atoms with Gasteiger partial charge in [-0.1, -0.05) is 0 Å². The zero-order valence-electron chi connectivity index (χ0n) is 9.19. The lowest BCUT2D eigenvalue weighted by Gasteiger charge is -2.27. The number of rotatable bonds is 0. The summed E-state index contributed by atoms with van der Waals surface area (Å²) in [7, 11) is 2.04. The van der Waals surface area contributed by atoms with Gasteiger partial charge in [0.15, 0.2) is 0 Å². The average Bonchev–Trinajstić information content (AvgIpc) is 2.58. The Morgan fingerprint density at radius 3 is 3.12 bits per heavy atom. The molecule has 2 aromatic rings. The summed E-state index contributed by atoms with van der Waals surface area (Å²) in [6.45, 7) is 2.90. The first-order chi connectivity index (χ1) is 7.66. The molecular weight excluding hydrogens is 220 g/mol. The predicted molar refractivity (Wildman–Crippen MR) is 66.6 cm³/mol. The lowest BCUT2D eigenvalue weighted by Crippen LogP contribution is -2.22. The molecule has 0 saturated carbocycles. The van der Waals surface area contributed by atoms with Crippen molar-refractivity contribution in [2.24, 2.45) is 0 Å². The van der Waals surface area contributed by atoms with Gasteiger partial charge in [0.1, 0.15) is 5.82 Å². The highest BCUT2D eigenvalue weighted by Gasteiger charge is 2.25. The van der Waals surface area contributed by atoms with Gasteiger partial charge in [-0.25, -0.2) is 9.97 Å². The Kier molecular flexibility index (Phi) is 1.91. The van der Waals surface area contributed by atoms with Crippen LogP contribution in [0.2, 0.25) is 0 Å². The summed E-state index contributed by atoms with van der Waals surface area (Å²) in [6, 6.07) is 1.99. The standard InChI is InChI=1S/C11H12N4S/c1-6-14-9-7-3-4-13-11(12)10(7)15(2)5-8(9)16-6/h3-4H,5H2,1-2H3,(H2,12,13). The topological polar surface area (TPSA) is 55.0 Å². The average molecular weight is 232 g/mol. The van der Waals surface area contributed by atoms with Crippen LogP contribution in [0.3, 0.4) is 0 Å². The molecule has 0 spiro atoms. The van der Waals surface area contributed by atoms with Crippen LogP contribution in [0.1, 0.15) is 9.88 Å². The van der Waals surface area contributed by atoms with Crippen LogP contribution >= 0.6 is 11.3 Å². The summed E-state index contributed by atoms with van der Waals surface area (Å²) in [5.41, 5.74) is 9.09. The monoisotopic (exact) mass is 232 g/mol. The number of hydrogen-bond acceptors (Lipinski definition) is 5. The van der Waals surface area contributed by atoms with Crippen LogP contribution in [0, 0.1) is 6.92 Å². The van der Waals surface area contributed by atoms with Crippen LogP contribution in [0.15, 0.2) is 12.3 Å². The number of hydrogen-bond donors (Lipinski definition) is 1. The first-order valence-electron chi connectivity index (χ1n) is 5.09. The Morgan fingerprint density at radius 2 is 2.31 bits per heavy atom. The van der Waals surface area contributed by atoms with E-state index in [9.17, 15) is 0 Å². The minimum Gasteiger partial charge on any atom is -0.382 e. The lowest BCUT2D eigenvalue weighted by atomic mass is 10.1. The second-order valence-electron chi connectivity index (χ2n) is 3.95. The van der Waals surface area contributed by atoms with Gasteiger partial charge >= 0.3 is 0 Å². The molecule has 3 heterocycles. The van der Waals surface area contributed by atoms with E-state index >= 15 is 0 Å². The minimum absolute atomic E-state index is 0.580. The lowest BCUT2D eigenvalue weighted by molar-refractivity contribution is 0.919. The van der Waals surface area contributed by atoms with E-state index in [1.807, 2.05) is 20.0 Å². The van der Waals surface area contributed by atoms with Gasteiger partial charge in [0.2, 0.25) is 0 Å². The number of anilines is 2. The zero-order chi connectivity index (χ0) is 11.3. The van der Waals surface area contributed by atoms with E-state index in [0.717, 1.165) is 28.5 Å². The van der Waals surface area contributed by atoms with Crippen LogP contribution in [0.25, 0.3) is 11.3 Å². The van der Waals surface area contributed by atoms with Crippen molar-refractivity contribution in [3.63, 3.8) is 0 Å². The number of thiazole rings is 1. The molecule has 0 saturated heterocycles. The summed E-state index contributed by atoms with van der Waals surface area (Å²) in [5, 5.41) is 1.10. The number of nitrogens with zero attached hydrogens (tertiary/aromatic N) is 3. The zero-order valence-corrected chi connectivity index (χ0v) is 10.0. The van der Waals surface area contributed by atoms with Gasteiger partial charge in [-0.2, -0.15) is 0 Å². The van der Waals surface area contributed by atoms with Crippen molar-refractivity contribution in [3.05, 3.63) is 22.1 Å². The van der Waals surface area contributed by atoms with Crippen molar-refractivity contribution < 1.29 is 0 Å². The number of fused-ring (bicyclic) bond motifs is 3. The molecule has 3 rings (SSSR count). The van der Waals surface area contributed by atoms with Crippen molar-refractivity contribution in [3.8, 4) is 11.3 Å². The Labute approximate surface area is 97.8 Å². The number of nitrogen functional groups attached to an aromatic ring is 1. The fourth-order valence-corrected chi connectivity index (χ4v) is 3.15. The molecule has 0 fully saturated rings. The molecule has 1 aliphatic heterocycles. The van der Waals surface area contributed by atoms with E-state index in [-0.39, 0.29) is 0 Å². The summed E-state index contributed by atoms with van der Waals surface area (Å²) < 4.78 is 0. The maximum Gasteiger partial charge on any atom is 0.147 e. The fourth-order valence-electron chi connectivity index (χ4n) is 2.14. The fraction of sp³-hybridized carbons (Fsp3) is 0.273. The second-order valence-corrected chi connectivity index (χ2v) is 5.24. The third kappa shape index (κ3) is 1.21. The Hall–Kier alpha value is -1.62. The molecule has 0 unspecified atom stereocenters. The van der Waals surface area contributed by atoms with Crippen molar-refractivity contribution in [1.82, 2.24) is 9.97 Å². The summed E-state index contributed by atoms with van der Waals surface area (Å²) in [4.78, 5) is 12.2. The highest BCUT2D eigenvalue weighted by atomic mass is 32.1. The molecule has 0 radical (unpaired) electrons. The van der Waals surface area contributed by atoms with Gasteiger partial charge in [0.05, 0.1) is 27.8 Å². The van der Waals surface area contributed by atoms with E-state index in [2.05, 4.69) is 14.9 Å². The maximum absolute atomic E-state index is 5.92. The van der Waals surface area contributed by atoms with E-state index < -0.39 is 0 Å². The molecule has 2 N–H and O–H groups in total. The number of aryl methyl sites for hydroxylation is 1. The third-order valence-corrected chi connectivity index (χ3v) is 3.73. The van der Waals surface area contributed by atoms with Crippen molar-refractivity contribution >= 4 is 22.8 Å². The van der Waals surface area contributed by atoms with Gasteiger partial charge in [-0.15, -0.1) is 11.3 Å². The van der Waals surface area contributed by atoms with Crippen LogP contribution in [0.5, 0.6) is 0 Å². The van der Waals surface area contributed by atoms with Crippen molar-refractivity contribution in [2.45, 2.75) is 13.5 Å². The number of nitrogens with two attached hydrogens (primary N) is 1. The molecule has 16 heavy (non-hydrogen) atoms. The summed E-state index contributed by atoms with van der Waals surface area (Å²) in [6.07, 6.45) is 1.74. The third-order valence-electron chi connectivity index (χ3n) is 2.77. The highest BCUT2D eigenvalue weighted by molar-refractivity contribution is 7.12. The number of aromatic nitrogens is 2. The Morgan fingerprint density at radius 1 is 1.50 bits per heavy atom. The molecule has 5 heteroatoms. The molecule has 1 aliphatic rings. The Balaban J connectivity index is 2.32. The van der Waals surface area contributed by atoms with Gasteiger partial charge in [-0.3, -0.25) is 0 Å². The van der Waals surface area contributed by atoms with E-state index in [1.54, 1.807) is 17.5 Å². The van der Waals surface area contributed by atoms with Crippen LogP contribution in [0.4, 0.5) is 11.5 Å². The van der Waals surface area contributed by atoms with Gasteiger partial charge in [-0.05, 0) is 13.0 Å². The quantitative estimate of drug-likeness (QED) is 0.755. The van der Waals surface area contributed by atoms with E-state index in [0.29, 0.717) is 5.82 Å². The summed E-state index contributed by atoms with van der Waals surface area (Å²) >= 11 is 1.75. The minimum atomic E-state index is 0.580. The normalized spacial score (nSPS) is 13.5. The molecule has 0 bridgehead atoms. The van der Waals surface area contributed by atoms with Crippen molar-refractivity contribution in [2.75, 3.05) is 17.7 Å². The molecule has 0 amide bonds. The van der Waals surface area contributed by atoms with Gasteiger partial charge in [0, 0.05) is 18.8 Å². The molecule has 2 aromatic heterocycles. The highest BCUT2D eigenvalue weighted by Crippen LogP contribution is 2.42. The van der Waals surface area contributed by atoms with Crippen LogP contribution in [-0.2, 0) is 6.54 Å². The smallest absolute Gasteiger partial charge is 0.147 e. The second kappa shape index (κ2) is 3.18. The van der Waals surface area contributed by atoms with Gasteiger partial charge in [0.25, 0.3) is 0 Å². The molecular formula is C11H12N4S. The molecule has 4 nitrogen and oxygen atoms in total. The Bertz CT molecular complexity index is 561. The molecule has 0 aliphatic carbocycles.